The fourth-order valence-corrected chi connectivity index (χ4v) is 10.5. The summed E-state index contributed by atoms with van der Waals surface area (Å²) in [5, 5.41) is 16.8. The zero-order valence-electron chi connectivity index (χ0n) is 35.2. The molecule has 65 heavy (non-hydrogen) atoms. The molecule has 0 saturated carbocycles. The number of hydrogen-bond donors (Lipinski definition) is 0. The Bertz CT molecular complexity index is 3950. The van der Waals surface area contributed by atoms with E-state index in [-0.39, 0.29) is 0 Å². The molecule has 10 aromatic carbocycles. The number of hydrogen-bond acceptors (Lipinski definition) is 1. The van der Waals surface area contributed by atoms with Crippen molar-refractivity contribution in [3.63, 3.8) is 0 Å². The first-order valence-corrected chi connectivity index (χ1v) is 22.1. The maximum Gasteiger partial charge on any atom is 0.0991 e. The number of nitrogens with zero attached hydrogens (tertiary/aromatic N) is 4. The lowest BCUT2D eigenvalue weighted by Crippen LogP contribution is -2.02. The maximum absolute atomic E-state index is 9.47. The average Bonchev–Trinajstić information content (AvgIpc) is 4.02. The van der Waals surface area contributed by atoms with Gasteiger partial charge < -0.3 is 13.7 Å². The summed E-state index contributed by atoms with van der Waals surface area (Å²) in [6, 6.07) is 85.3. The van der Waals surface area contributed by atoms with E-state index >= 15 is 0 Å². The van der Waals surface area contributed by atoms with Crippen LogP contribution in [0.25, 0.3) is 116 Å². The first-order chi connectivity index (χ1) is 32.2. The fourth-order valence-electron chi connectivity index (χ4n) is 10.5. The van der Waals surface area contributed by atoms with E-state index in [0.29, 0.717) is 5.56 Å². The minimum absolute atomic E-state index is 0.653. The Balaban J connectivity index is 1.09. The van der Waals surface area contributed by atoms with E-state index in [2.05, 4.69) is 226 Å². The Labute approximate surface area is 375 Å². The second-order valence-corrected chi connectivity index (χ2v) is 16.7. The smallest absolute Gasteiger partial charge is 0.0991 e. The van der Waals surface area contributed by atoms with Crippen molar-refractivity contribution in [2.24, 2.45) is 0 Å². The van der Waals surface area contributed by atoms with Crippen molar-refractivity contribution < 1.29 is 0 Å². The van der Waals surface area contributed by atoms with Gasteiger partial charge in [-0.15, -0.1) is 0 Å². The van der Waals surface area contributed by atoms with Gasteiger partial charge in [0.05, 0.1) is 61.8 Å². The molecule has 0 amide bonds. The van der Waals surface area contributed by atoms with Crippen LogP contribution in [-0.4, -0.2) is 13.7 Å². The van der Waals surface area contributed by atoms with E-state index in [1.54, 1.807) is 0 Å². The molecule has 0 bridgehead atoms. The van der Waals surface area contributed by atoms with Crippen molar-refractivity contribution >= 4 is 65.4 Å². The summed E-state index contributed by atoms with van der Waals surface area (Å²) in [7, 11) is 0. The van der Waals surface area contributed by atoms with Crippen LogP contribution in [0.1, 0.15) is 5.56 Å². The van der Waals surface area contributed by atoms with E-state index in [0.717, 1.165) is 72.5 Å². The Morgan fingerprint density at radius 1 is 0.277 bits per heavy atom. The fraction of sp³-hybridized carbons (Fsp3) is 0. The highest BCUT2D eigenvalue weighted by Crippen LogP contribution is 2.46. The molecule has 4 nitrogen and oxygen atoms in total. The molecule has 0 aliphatic carbocycles. The summed E-state index contributed by atoms with van der Waals surface area (Å²) >= 11 is 0. The van der Waals surface area contributed by atoms with Crippen LogP contribution in [-0.2, 0) is 0 Å². The number of aromatic nitrogens is 3. The average molecular weight is 827 g/mol. The van der Waals surface area contributed by atoms with Gasteiger partial charge in [-0.2, -0.15) is 5.26 Å². The molecule has 0 spiro atoms. The Morgan fingerprint density at radius 3 is 1.22 bits per heavy atom. The van der Waals surface area contributed by atoms with Crippen molar-refractivity contribution in [2.75, 3.05) is 0 Å². The van der Waals surface area contributed by atoms with E-state index in [1.807, 2.05) is 24.3 Å². The molecule has 0 unspecified atom stereocenters. The number of para-hydroxylation sites is 6. The number of rotatable bonds is 6. The van der Waals surface area contributed by atoms with Crippen LogP contribution >= 0.6 is 0 Å². The summed E-state index contributed by atoms with van der Waals surface area (Å²) in [4.78, 5) is 0. The molecular weight excluding hydrogens is 789 g/mol. The van der Waals surface area contributed by atoms with Crippen LogP contribution in [0.15, 0.2) is 231 Å². The van der Waals surface area contributed by atoms with Crippen LogP contribution < -0.4 is 0 Å². The molecule has 13 aromatic rings. The second-order valence-electron chi connectivity index (χ2n) is 16.7. The van der Waals surface area contributed by atoms with Gasteiger partial charge in [0.1, 0.15) is 0 Å². The molecule has 13 rings (SSSR count). The molecule has 0 radical (unpaired) electrons. The van der Waals surface area contributed by atoms with Crippen molar-refractivity contribution in [3.05, 3.63) is 236 Å². The highest BCUT2D eigenvalue weighted by molar-refractivity contribution is 6.17. The summed E-state index contributed by atoms with van der Waals surface area (Å²) in [6.45, 7) is 0. The van der Waals surface area contributed by atoms with Gasteiger partial charge in [-0.25, -0.2) is 0 Å². The number of nitriles is 1. The van der Waals surface area contributed by atoms with E-state index in [4.69, 9.17) is 0 Å². The largest absolute Gasteiger partial charge is 0.309 e. The first kappa shape index (κ1) is 36.7. The minimum Gasteiger partial charge on any atom is -0.309 e. The molecule has 0 aliphatic heterocycles. The van der Waals surface area contributed by atoms with Crippen LogP contribution in [0.3, 0.4) is 0 Å². The topological polar surface area (TPSA) is 38.6 Å². The van der Waals surface area contributed by atoms with Gasteiger partial charge >= 0.3 is 0 Å². The lowest BCUT2D eigenvalue weighted by molar-refractivity contribution is 1.16. The van der Waals surface area contributed by atoms with Crippen molar-refractivity contribution in [1.82, 2.24) is 13.7 Å². The van der Waals surface area contributed by atoms with Crippen LogP contribution in [0.2, 0.25) is 0 Å². The standard InChI is InChI=1S/C61H38N4/c62-39-40-31-33-41(34-32-40)42-35-37-43(38-36-42)60-49(21-13-28-57(60)63-51-22-7-1-15-44(51)45-16-2-8-23-52(45)63)48-19-5-11-26-55(48)65-56-27-12-6-20-50(56)61-58(29-14-30-59(61)65)64-53-24-9-3-17-46(53)47-18-4-10-25-54(47)64/h1-38H. The summed E-state index contributed by atoms with van der Waals surface area (Å²) in [5.74, 6) is 0. The highest BCUT2D eigenvalue weighted by Gasteiger charge is 2.24. The van der Waals surface area contributed by atoms with Gasteiger partial charge in [0.15, 0.2) is 0 Å². The zero-order chi connectivity index (χ0) is 43.0. The van der Waals surface area contributed by atoms with Gasteiger partial charge in [0.25, 0.3) is 0 Å². The normalized spacial score (nSPS) is 11.7. The molecule has 3 heterocycles. The van der Waals surface area contributed by atoms with Gasteiger partial charge in [0.2, 0.25) is 0 Å². The minimum atomic E-state index is 0.653. The molecular formula is C61H38N4. The summed E-state index contributed by atoms with van der Waals surface area (Å²) < 4.78 is 7.37. The van der Waals surface area contributed by atoms with Crippen LogP contribution in [0.4, 0.5) is 0 Å². The number of fused-ring (bicyclic) bond motifs is 9. The van der Waals surface area contributed by atoms with Crippen LogP contribution in [0, 0.1) is 11.3 Å². The van der Waals surface area contributed by atoms with E-state index in [9.17, 15) is 5.26 Å². The number of benzene rings is 10. The molecule has 0 atom stereocenters. The van der Waals surface area contributed by atoms with Gasteiger partial charge in [-0.3, -0.25) is 0 Å². The van der Waals surface area contributed by atoms with E-state index < -0.39 is 0 Å². The third kappa shape index (κ3) is 5.56. The Morgan fingerprint density at radius 2 is 0.646 bits per heavy atom. The zero-order valence-corrected chi connectivity index (χ0v) is 35.2. The molecule has 4 heteroatoms. The molecule has 0 saturated heterocycles. The third-order valence-electron chi connectivity index (χ3n) is 13.3. The van der Waals surface area contributed by atoms with Crippen molar-refractivity contribution in [3.8, 4) is 56.5 Å². The van der Waals surface area contributed by atoms with Crippen LogP contribution in [0.5, 0.6) is 0 Å². The predicted octanol–water partition coefficient (Wildman–Crippen LogP) is 15.9. The molecule has 0 aliphatic rings. The monoisotopic (exact) mass is 826 g/mol. The third-order valence-corrected chi connectivity index (χ3v) is 13.3. The molecule has 302 valence electrons. The SMILES string of the molecule is N#Cc1ccc(-c2ccc(-c3c(-c4ccccc4-n4c5ccccc5c5c(-n6c7ccccc7c7ccccc76)cccc54)cccc3-n3c4ccccc4c4ccccc43)cc2)cc1. The van der Waals surface area contributed by atoms with Gasteiger partial charge in [0, 0.05) is 43.4 Å². The lowest BCUT2D eigenvalue weighted by atomic mass is 9.90. The Kier molecular flexibility index (Phi) is 8.24. The predicted molar refractivity (Wildman–Crippen MR) is 270 cm³/mol. The first-order valence-electron chi connectivity index (χ1n) is 22.1. The molecule has 3 aromatic heterocycles. The van der Waals surface area contributed by atoms with Crippen molar-refractivity contribution in [2.45, 2.75) is 0 Å². The molecule has 0 fully saturated rings. The quantitative estimate of drug-likeness (QED) is 0.165. The van der Waals surface area contributed by atoms with E-state index in [1.165, 1.54) is 43.4 Å². The second kappa shape index (κ2) is 14.6. The maximum atomic E-state index is 9.47. The lowest BCUT2D eigenvalue weighted by Gasteiger charge is -2.21. The molecule has 0 N–H and O–H groups in total. The van der Waals surface area contributed by atoms with Gasteiger partial charge in [-0.1, -0.05) is 164 Å². The Hall–Kier alpha value is -8.91. The van der Waals surface area contributed by atoms with Crippen molar-refractivity contribution in [1.29, 1.82) is 5.26 Å². The summed E-state index contributed by atoms with van der Waals surface area (Å²) in [6.07, 6.45) is 0. The van der Waals surface area contributed by atoms with Gasteiger partial charge in [-0.05, 0) is 89.0 Å². The summed E-state index contributed by atoms with van der Waals surface area (Å²) in [5.41, 5.74) is 17.7. The highest BCUT2D eigenvalue weighted by atomic mass is 15.0.